The van der Waals surface area contributed by atoms with Crippen LogP contribution in [-0.4, -0.2) is 28.1 Å². The van der Waals surface area contributed by atoms with Gasteiger partial charge in [0.15, 0.2) is 5.78 Å². The number of ketones is 1. The summed E-state index contributed by atoms with van der Waals surface area (Å²) >= 11 is 0. The largest absolute Gasteiger partial charge is 0.481 e. The van der Waals surface area contributed by atoms with Crippen LogP contribution in [0.4, 0.5) is 0 Å². The maximum absolute atomic E-state index is 11.9. The van der Waals surface area contributed by atoms with Gasteiger partial charge in [-0.1, -0.05) is 32.9 Å². The molecular weight excluding hydrogens is 352 g/mol. The lowest BCUT2D eigenvalue weighted by molar-refractivity contribution is -0.138. The third-order valence-electron chi connectivity index (χ3n) is 9.19. The molecule has 2 saturated carbocycles. The number of allylic oxidation sites excluding steroid dienone is 4. The molecule has 154 valence electrons. The zero-order chi connectivity index (χ0) is 20.3. The van der Waals surface area contributed by atoms with E-state index in [1.54, 1.807) is 0 Å². The van der Waals surface area contributed by atoms with Crippen molar-refractivity contribution in [2.75, 3.05) is 0 Å². The Bertz CT molecular complexity index is 737. The lowest BCUT2D eigenvalue weighted by Crippen LogP contribution is -2.55. The normalized spacial score (nSPS) is 45.6. The Kier molecular flexibility index (Phi) is 4.85. The molecule has 0 aliphatic heterocycles. The number of rotatable bonds is 4. The molecular formula is C24H34O4. The molecule has 2 fully saturated rings. The molecule has 0 radical (unpaired) electrons. The SMILES string of the molecule is C[C@H](CCC(=O)O)C1CCC2C3C=CC4=CC(=O)CC[C@]4(C)[C@H]3C[C@H](O)C21C. The fourth-order valence-corrected chi connectivity index (χ4v) is 7.48. The minimum atomic E-state index is -0.731. The number of carbonyl (C=O) groups excluding carboxylic acids is 1. The van der Waals surface area contributed by atoms with Gasteiger partial charge < -0.3 is 10.2 Å². The van der Waals surface area contributed by atoms with Crippen LogP contribution in [0.3, 0.4) is 0 Å². The summed E-state index contributed by atoms with van der Waals surface area (Å²) in [6, 6.07) is 0. The second-order valence-electron chi connectivity index (χ2n) is 10.3. The van der Waals surface area contributed by atoms with E-state index in [2.05, 4.69) is 32.9 Å². The first-order valence-electron chi connectivity index (χ1n) is 11.0. The van der Waals surface area contributed by atoms with Gasteiger partial charge in [0.1, 0.15) is 0 Å². The van der Waals surface area contributed by atoms with Gasteiger partial charge in [-0.3, -0.25) is 9.59 Å². The van der Waals surface area contributed by atoms with E-state index < -0.39 is 5.97 Å². The first-order valence-corrected chi connectivity index (χ1v) is 11.0. The number of aliphatic hydroxyl groups excluding tert-OH is 1. The molecule has 4 heteroatoms. The van der Waals surface area contributed by atoms with Gasteiger partial charge in [0.05, 0.1) is 6.10 Å². The van der Waals surface area contributed by atoms with Crippen molar-refractivity contribution in [3.8, 4) is 0 Å². The molecule has 0 saturated heterocycles. The lowest BCUT2D eigenvalue weighted by Gasteiger charge is -2.58. The van der Waals surface area contributed by atoms with Gasteiger partial charge >= 0.3 is 5.97 Å². The number of carboxylic acid groups (broad SMARTS) is 1. The predicted octanol–water partition coefficient (Wildman–Crippen LogP) is 4.38. The van der Waals surface area contributed by atoms with Crippen molar-refractivity contribution < 1.29 is 19.8 Å². The topological polar surface area (TPSA) is 74.6 Å². The highest BCUT2D eigenvalue weighted by molar-refractivity contribution is 5.92. The molecule has 0 spiro atoms. The molecule has 4 rings (SSSR count). The second kappa shape index (κ2) is 6.83. The number of aliphatic hydroxyl groups is 1. The average Bonchev–Trinajstić information content (AvgIpc) is 3.00. The van der Waals surface area contributed by atoms with E-state index in [0.717, 1.165) is 31.3 Å². The van der Waals surface area contributed by atoms with E-state index in [0.29, 0.717) is 42.4 Å². The molecule has 0 aromatic rings. The molecule has 0 heterocycles. The van der Waals surface area contributed by atoms with Gasteiger partial charge in [0.25, 0.3) is 0 Å². The van der Waals surface area contributed by atoms with Crippen LogP contribution in [0.1, 0.15) is 65.7 Å². The molecule has 0 bridgehead atoms. The number of hydrogen-bond acceptors (Lipinski definition) is 3. The van der Waals surface area contributed by atoms with Crippen molar-refractivity contribution in [3.05, 3.63) is 23.8 Å². The number of aliphatic carboxylic acids is 1. The molecule has 4 aliphatic rings. The van der Waals surface area contributed by atoms with Gasteiger partial charge in [0.2, 0.25) is 0 Å². The molecule has 4 unspecified atom stereocenters. The fraction of sp³-hybridized carbons (Fsp3) is 0.750. The maximum Gasteiger partial charge on any atom is 0.303 e. The van der Waals surface area contributed by atoms with Gasteiger partial charge in [-0.25, -0.2) is 0 Å². The molecule has 8 atom stereocenters. The van der Waals surface area contributed by atoms with Crippen LogP contribution in [0.2, 0.25) is 0 Å². The van der Waals surface area contributed by atoms with Crippen molar-refractivity contribution in [1.29, 1.82) is 0 Å². The number of carbonyl (C=O) groups is 2. The van der Waals surface area contributed by atoms with Crippen LogP contribution < -0.4 is 0 Å². The third kappa shape index (κ3) is 2.82. The Morgan fingerprint density at radius 3 is 2.75 bits per heavy atom. The van der Waals surface area contributed by atoms with E-state index >= 15 is 0 Å². The van der Waals surface area contributed by atoms with Gasteiger partial charge in [-0.2, -0.15) is 0 Å². The zero-order valence-corrected chi connectivity index (χ0v) is 17.4. The van der Waals surface area contributed by atoms with Crippen LogP contribution in [0.25, 0.3) is 0 Å². The molecule has 0 aromatic heterocycles. The van der Waals surface area contributed by atoms with Crippen molar-refractivity contribution in [1.82, 2.24) is 0 Å². The first-order chi connectivity index (χ1) is 13.2. The lowest BCUT2D eigenvalue weighted by atomic mass is 9.47. The van der Waals surface area contributed by atoms with Crippen molar-refractivity contribution in [3.63, 3.8) is 0 Å². The van der Waals surface area contributed by atoms with Gasteiger partial charge in [-0.05, 0) is 84.2 Å². The number of hydrogen-bond donors (Lipinski definition) is 2. The van der Waals surface area contributed by atoms with E-state index in [4.69, 9.17) is 5.11 Å². The van der Waals surface area contributed by atoms with E-state index in [1.807, 2.05) is 6.08 Å². The molecule has 28 heavy (non-hydrogen) atoms. The van der Waals surface area contributed by atoms with Crippen LogP contribution in [-0.2, 0) is 9.59 Å². The van der Waals surface area contributed by atoms with Crippen LogP contribution in [0, 0.1) is 40.4 Å². The highest BCUT2D eigenvalue weighted by Gasteiger charge is 2.62. The number of fused-ring (bicyclic) bond motifs is 5. The maximum atomic E-state index is 11.9. The fourth-order valence-electron chi connectivity index (χ4n) is 7.48. The van der Waals surface area contributed by atoms with Crippen LogP contribution in [0.5, 0.6) is 0 Å². The highest BCUT2D eigenvalue weighted by Crippen LogP contribution is 2.66. The summed E-state index contributed by atoms with van der Waals surface area (Å²) in [5.74, 6) is 1.45. The summed E-state index contributed by atoms with van der Waals surface area (Å²) in [7, 11) is 0. The third-order valence-corrected chi connectivity index (χ3v) is 9.19. The molecule has 4 aliphatic carbocycles. The smallest absolute Gasteiger partial charge is 0.303 e. The molecule has 4 nitrogen and oxygen atoms in total. The van der Waals surface area contributed by atoms with Crippen molar-refractivity contribution >= 4 is 11.8 Å². The van der Waals surface area contributed by atoms with Gasteiger partial charge in [-0.15, -0.1) is 0 Å². The van der Waals surface area contributed by atoms with Crippen LogP contribution >= 0.6 is 0 Å². The number of carboxylic acids is 1. The summed E-state index contributed by atoms with van der Waals surface area (Å²) in [4.78, 5) is 23.0. The predicted molar refractivity (Wildman–Crippen MR) is 108 cm³/mol. The first kappa shape index (κ1) is 19.9. The zero-order valence-electron chi connectivity index (χ0n) is 17.4. The summed E-state index contributed by atoms with van der Waals surface area (Å²) < 4.78 is 0. The van der Waals surface area contributed by atoms with E-state index in [-0.39, 0.29) is 29.1 Å². The minimum Gasteiger partial charge on any atom is -0.481 e. The highest BCUT2D eigenvalue weighted by atomic mass is 16.4. The monoisotopic (exact) mass is 386 g/mol. The second-order valence-corrected chi connectivity index (χ2v) is 10.3. The molecule has 2 N–H and O–H groups in total. The Labute approximate surface area is 168 Å². The van der Waals surface area contributed by atoms with Gasteiger partial charge in [0, 0.05) is 12.8 Å². The quantitative estimate of drug-likeness (QED) is 0.752. The molecule has 0 amide bonds. The average molecular weight is 387 g/mol. The Hall–Kier alpha value is -1.42. The van der Waals surface area contributed by atoms with Crippen molar-refractivity contribution in [2.24, 2.45) is 40.4 Å². The Morgan fingerprint density at radius 1 is 1.29 bits per heavy atom. The summed E-state index contributed by atoms with van der Waals surface area (Å²) in [6.07, 6.45) is 11.4. The summed E-state index contributed by atoms with van der Waals surface area (Å²) in [6.45, 7) is 6.73. The summed E-state index contributed by atoms with van der Waals surface area (Å²) in [5.41, 5.74) is 0.999. The standard InChI is InChI=1S/C24H34O4/c1-14(4-9-22(27)28)18-7-8-19-17-6-5-15-12-16(25)10-11-23(15,2)20(17)13-21(26)24(18,19)3/h5-6,12,14,17-21,26H,4,7-11,13H2,1-3H3,(H,27,28)/t14-,17?,18?,19?,20+,21+,23+,24?/m1/s1. The summed E-state index contributed by atoms with van der Waals surface area (Å²) in [5, 5.41) is 20.5. The van der Waals surface area contributed by atoms with Crippen molar-refractivity contribution in [2.45, 2.75) is 71.8 Å². The molecule has 0 aromatic carbocycles. The van der Waals surface area contributed by atoms with E-state index in [1.165, 1.54) is 0 Å². The Morgan fingerprint density at radius 2 is 2.04 bits per heavy atom. The Balaban J connectivity index is 1.64. The minimum absolute atomic E-state index is 0.0113. The van der Waals surface area contributed by atoms with E-state index in [9.17, 15) is 14.7 Å². The van der Waals surface area contributed by atoms with Crippen LogP contribution in [0.15, 0.2) is 23.8 Å².